The van der Waals surface area contributed by atoms with Crippen molar-refractivity contribution in [3.8, 4) is 0 Å². The van der Waals surface area contributed by atoms with E-state index >= 15 is 0 Å². The fraction of sp³-hybridized carbons (Fsp3) is 0.286. The summed E-state index contributed by atoms with van der Waals surface area (Å²) in [7, 11) is 0. The Morgan fingerprint density at radius 1 is 1.16 bits per heavy atom. The quantitative estimate of drug-likeness (QED) is 0.404. The Kier molecular flexibility index (Phi) is 6.96. The topological polar surface area (TPSA) is 58.6 Å². The van der Waals surface area contributed by atoms with Crippen LogP contribution < -0.4 is 4.90 Å². The molecule has 1 fully saturated rings. The van der Waals surface area contributed by atoms with Gasteiger partial charge >= 0.3 is 0 Å². The molecule has 0 bridgehead atoms. The number of fused-ring (bicyclic) bond motifs is 2. The SMILES string of the molecule is Cl.O=C(c1ccc2ncsc2c1)N(CCN1CCOCC1)c1nc2c(F)cc(F)cc2s1. The molecule has 1 saturated heterocycles. The summed E-state index contributed by atoms with van der Waals surface area (Å²) in [4.78, 5) is 25.8. The molecule has 0 atom stereocenters. The van der Waals surface area contributed by atoms with Crippen molar-refractivity contribution < 1.29 is 18.3 Å². The molecule has 11 heteroatoms. The summed E-state index contributed by atoms with van der Waals surface area (Å²) in [5, 5.41) is 0.349. The number of halogens is 3. The average Bonchev–Trinajstić information content (AvgIpc) is 3.41. The number of rotatable bonds is 5. The molecule has 168 valence electrons. The van der Waals surface area contributed by atoms with E-state index in [-0.39, 0.29) is 23.8 Å². The van der Waals surface area contributed by atoms with Crippen LogP contribution in [0.2, 0.25) is 0 Å². The number of ether oxygens (including phenoxy) is 1. The van der Waals surface area contributed by atoms with Crippen LogP contribution in [-0.2, 0) is 4.74 Å². The van der Waals surface area contributed by atoms with E-state index in [0.717, 1.165) is 40.7 Å². The summed E-state index contributed by atoms with van der Waals surface area (Å²) in [5.41, 5.74) is 3.15. The first-order valence-electron chi connectivity index (χ1n) is 9.79. The van der Waals surface area contributed by atoms with Crippen molar-refractivity contribution in [3.05, 3.63) is 53.0 Å². The zero-order valence-corrected chi connectivity index (χ0v) is 19.2. The summed E-state index contributed by atoms with van der Waals surface area (Å²) < 4.78 is 34.6. The van der Waals surface area contributed by atoms with E-state index in [1.54, 1.807) is 16.5 Å². The molecular weight excluding hydrogens is 478 g/mol. The first kappa shape index (κ1) is 22.9. The minimum Gasteiger partial charge on any atom is -0.379 e. The van der Waals surface area contributed by atoms with Gasteiger partial charge in [0.1, 0.15) is 11.3 Å². The van der Waals surface area contributed by atoms with Crippen LogP contribution in [0, 0.1) is 11.6 Å². The van der Waals surface area contributed by atoms with E-state index in [1.165, 1.54) is 17.4 Å². The number of carbonyl (C=O) groups is 1. The summed E-state index contributed by atoms with van der Waals surface area (Å²) in [6, 6.07) is 7.41. The summed E-state index contributed by atoms with van der Waals surface area (Å²) in [6.45, 7) is 3.89. The molecular formula is C21H19ClF2N4O2S2. The van der Waals surface area contributed by atoms with Gasteiger partial charge in [-0.1, -0.05) is 11.3 Å². The molecule has 0 aliphatic carbocycles. The number of anilines is 1. The third-order valence-corrected chi connectivity index (χ3v) is 7.02. The molecule has 0 N–H and O–H groups in total. The van der Waals surface area contributed by atoms with E-state index in [2.05, 4.69) is 14.9 Å². The number of amides is 1. The number of hydrogen-bond donors (Lipinski definition) is 0. The Labute approximate surface area is 196 Å². The monoisotopic (exact) mass is 496 g/mol. The third-order valence-electron chi connectivity index (χ3n) is 5.20. The molecule has 2 aromatic heterocycles. The second-order valence-electron chi connectivity index (χ2n) is 7.18. The van der Waals surface area contributed by atoms with Crippen LogP contribution in [-0.4, -0.2) is 60.2 Å². The van der Waals surface area contributed by atoms with E-state index in [1.807, 2.05) is 12.1 Å². The van der Waals surface area contributed by atoms with E-state index < -0.39 is 11.6 Å². The zero-order chi connectivity index (χ0) is 21.4. The van der Waals surface area contributed by atoms with Crippen molar-refractivity contribution in [2.24, 2.45) is 0 Å². The van der Waals surface area contributed by atoms with Gasteiger partial charge in [-0.3, -0.25) is 14.6 Å². The van der Waals surface area contributed by atoms with Crippen LogP contribution in [0.1, 0.15) is 10.4 Å². The number of nitrogens with zero attached hydrogens (tertiary/aromatic N) is 4. The van der Waals surface area contributed by atoms with Crippen molar-refractivity contribution in [2.45, 2.75) is 0 Å². The Hall–Kier alpha value is -2.24. The van der Waals surface area contributed by atoms with E-state index in [0.29, 0.717) is 41.7 Å². The van der Waals surface area contributed by atoms with E-state index in [4.69, 9.17) is 4.74 Å². The largest absolute Gasteiger partial charge is 0.379 e. The maximum absolute atomic E-state index is 14.2. The average molecular weight is 497 g/mol. The third kappa shape index (κ3) is 4.60. The van der Waals surface area contributed by atoms with Crippen LogP contribution in [0.3, 0.4) is 0 Å². The van der Waals surface area contributed by atoms with Gasteiger partial charge in [-0.2, -0.15) is 0 Å². The molecule has 1 aliphatic rings. The highest BCUT2D eigenvalue weighted by Gasteiger charge is 2.24. The minimum atomic E-state index is -0.732. The molecule has 6 nitrogen and oxygen atoms in total. The Bertz CT molecular complexity index is 1260. The molecule has 4 aromatic rings. The van der Waals surface area contributed by atoms with Crippen molar-refractivity contribution in [2.75, 3.05) is 44.3 Å². The van der Waals surface area contributed by atoms with Crippen molar-refractivity contribution in [1.82, 2.24) is 14.9 Å². The molecule has 1 aliphatic heterocycles. The fourth-order valence-electron chi connectivity index (χ4n) is 3.56. The normalized spacial score (nSPS) is 14.6. The molecule has 0 unspecified atom stereocenters. The fourth-order valence-corrected chi connectivity index (χ4v) is 5.30. The molecule has 0 radical (unpaired) electrons. The predicted molar refractivity (Wildman–Crippen MR) is 125 cm³/mol. The minimum absolute atomic E-state index is 0. The molecule has 1 amide bonds. The molecule has 0 spiro atoms. The number of benzene rings is 2. The Morgan fingerprint density at radius 2 is 1.97 bits per heavy atom. The number of morpholine rings is 1. The van der Waals surface area contributed by atoms with Gasteiger partial charge in [-0.15, -0.1) is 23.7 Å². The lowest BCUT2D eigenvalue weighted by Gasteiger charge is -2.29. The van der Waals surface area contributed by atoms with Gasteiger partial charge in [-0.25, -0.2) is 18.7 Å². The Balaban J connectivity index is 0.00000245. The van der Waals surface area contributed by atoms with E-state index in [9.17, 15) is 13.6 Å². The summed E-state index contributed by atoms with van der Waals surface area (Å²) in [5.74, 6) is -1.63. The van der Waals surface area contributed by atoms with Crippen LogP contribution in [0.4, 0.5) is 13.9 Å². The maximum Gasteiger partial charge on any atom is 0.260 e. The molecule has 2 aromatic carbocycles. The van der Waals surface area contributed by atoms with Crippen LogP contribution in [0.15, 0.2) is 35.8 Å². The van der Waals surface area contributed by atoms with Gasteiger partial charge in [0.2, 0.25) is 0 Å². The molecule has 5 rings (SSSR count). The predicted octanol–water partition coefficient (Wildman–Crippen LogP) is 4.59. The van der Waals surface area contributed by atoms with Crippen LogP contribution in [0.5, 0.6) is 0 Å². The maximum atomic E-state index is 14.2. The van der Waals surface area contributed by atoms with Gasteiger partial charge in [0.05, 0.1) is 33.6 Å². The second-order valence-corrected chi connectivity index (χ2v) is 9.07. The zero-order valence-electron chi connectivity index (χ0n) is 16.8. The standard InChI is InChI=1S/C21H18F2N4O2S2.ClH/c22-14-10-15(23)19-18(11-14)31-21(25-19)27(4-3-26-5-7-29-8-6-26)20(28)13-1-2-16-17(9-13)30-12-24-16;/h1-2,9-12H,3-8H2;1H. The number of carbonyl (C=O) groups excluding carboxylic acids is 1. The van der Waals surface area contributed by atoms with Gasteiger partial charge in [0.25, 0.3) is 5.91 Å². The summed E-state index contributed by atoms with van der Waals surface area (Å²) >= 11 is 2.57. The first-order valence-corrected chi connectivity index (χ1v) is 11.5. The Morgan fingerprint density at radius 3 is 2.78 bits per heavy atom. The lowest BCUT2D eigenvalue weighted by atomic mass is 10.2. The molecule has 0 saturated carbocycles. The van der Waals surface area contributed by atoms with Gasteiger partial charge in [0.15, 0.2) is 10.9 Å². The number of hydrogen-bond acceptors (Lipinski definition) is 7. The highest BCUT2D eigenvalue weighted by Crippen LogP contribution is 2.32. The van der Waals surface area contributed by atoms with Crippen molar-refractivity contribution in [3.63, 3.8) is 0 Å². The van der Waals surface area contributed by atoms with Gasteiger partial charge < -0.3 is 4.74 Å². The van der Waals surface area contributed by atoms with Gasteiger partial charge in [-0.05, 0) is 24.3 Å². The van der Waals surface area contributed by atoms with Gasteiger partial charge in [0, 0.05) is 37.8 Å². The van der Waals surface area contributed by atoms with Crippen molar-refractivity contribution in [1.29, 1.82) is 0 Å². The molecule has 32 heavy (non-hydrogen) atoms. The number of thiazole rings is 2. The second kappa shape index (κ2) is 9.72. The summed E-state index contributed by atoms with van der Waals surface area (Å²) in [6.07, 6.45) is 0. The van der Waals surface area contributed by atoms with Crippen LogP contribution in [0.25, 0.3) is 20.4 Å². The smallest absolute Gasteiger partial charge is 0.260 e. The lowest BCUT2D eigenvalue weighted by Crippen LogP contribution is -2.43. The first-order chi connectivity index (χ1) is 15.1. The highest BCUT2D eigenvalue weighted by molar-refractivity contribution is 7.22. The molecule has 3 heterocycles. The van der Waals surface area contributed by atoms with Crippen molar-refractivity contribution >= 4 is 66.6 Å². The lowest BCUT2D eigenvalue weighted by molar-refractivity contribution is 0.0391. The van der Waals surface area contributed by atoms with Crippen LogP contribution >= 0.6 is 35.1 Å². The highest BCUT2D eigenvalue weighted by atomic mass is 35.5. The number of aromatic nitrogens is 2.